The van der Waals surface area contributed by atoms with Crippen molar-refractivity contribution in [2.24, 2.45) is 0 Å². The largest absolute Gasteiger partial charge is 0.497 e. The molecule has 0 bridgehead atoms. The number of hydrogen-bond donors (Lipinski definition) is 0. The fourth-order valence-electron chi connectivity index (χ4n) is 1.53. The third kappa shape index (κ3) is 2.11. The van der Waals surface area contributed by atoms with E-state index in [2.05, 4.69) is 4.98 Å². The van der Waals surface area contributed by atoms with Crippen LogP contribution in [0.25, 0.3) is 0 Å². The highest BCUT2D eigenvalue weighted by atomic mass is 16.5. The van der Waals surface area contributed by atoms with E-state index < -0.39 is 0 Å². The van der Waals surface area contributed by atoms with Gasteiger partial charge in [-0.25, -0.2) is 4.98 Å². The van der Waals surface area contributed by atoms with E-state index in [0.29, 0.717) is 12.2 Å². The van der Waals surface area contributed by atoms with E-state index >= 15 is 0 Å². The molecule has 1 heterocycles. The number of imidazole rings is 1. The van der Waals surface area contributed by atoms with Crippen LogP contribution in [0.5, 0.6) is 5.75 Å². The van der Waals surface area contributed by atoms with Crippen LogP contribution in [0.2, 0.25) is 0 Å². The van der Waals surface area contributed by atoms with E-state index in [0.717, 1.165) is 17.6 Å². The summed E-state index contributed by atoms with van der Waals surface area (Å²) in [6.07, 6.45) is 3.99. The smallest absolute Gasteiger partial charge is 0.168 e. The Morgan fingerprint density at radius 1 is 1.50 bits per heavy atom. The van der Waals surface area contributed by atoms with Gasteiger partial charge in [-0.05, 0) is 17.7 Å². The van der Waals surface area contributed by atoms with Crippen LogP contribution in [0.1, 0.15) is 16.1 Å². The number of ether oxygens (including phenoxy) is 1. The SMILES string of the molecule is COc1cccc(Cn2cncc2C=O)c1. The van der Waals surface area contributed by atoms with Crippen molar-refractivity contribution in [3.05, 3.63) is 48.0 Å². The highest BCUT2D eigenvalue weighted by molar-refractivity contribution is 5.71. The molecule has 0 N–H and O–H groups in total. The van der Waals surface area contributed by atoms with Gasteiger partial charge < -0.3 is 9.30 Å². The summed E-state index contributed by atoms with van der Waals surface area (Å²) in [7, 11) is 1.63. The average molecular weight is 216 g/mol. The van der Waals surface area contributed by atoms with Crippen molar-refractivity contribution in [1.82, 2.24) is 9.55 Å². The number of benzene rings is 1. The Hall–Kier alpha value is -2.10. The fraction of sp³-hybridized carbons (Fsp3) is 0.167. The first kappa shape index (κ1) is 10.4. The number of carbonyl (C=O) groups excluding carboxylic acids is 1. The summed E-state index contributed by atoms with van der Waals surface area (Å²) >= 11 is 0. The van der Waals surface area contributed by atoms with Gasteiger partial charge in [0.2, 0.25) is 0 Å². The Morgan fingerprint density at radius 2 is 2.38 bits per heavy atom. The van der Waals surface area contributed by atoms with Gasteiger partial charge in [-0.3, -0.25) is 4.79 Å². The molecule has 0 unspecified atom stereocenters. The van der Waals surface area contributed by atoms with Gasteiger partial charge in [0.25, 0.3) is 0 Å². The van der Waals surface area contributed by atoms with E-state index in [1.54, 1.807) is 24.2 Å². The molecule has 82 valence electrons. The number of methoxy groups -OCH3 is 1. The monoisotopic (exact) mass is 216 g/mol. The number of nitrogens with zero attached hydrogens (tertiary/aromatic N) is 2. The molecule has 0 amide bonds. The standard InChI is InChI=1S/C12H12N2O2/c1-16-12-4-2-3-10(5-12)7-14-9-13-6-11(14)8-15/h2-6,8-9H,7H2,1H3. The zero-order chi connectivity index (χ0) is 11.4. The summed E-state index contributed by atoms with van der Waals surface area (Å²) in [5.41, 5.74) is 1.64. The van der Waals surface area contributed by atoms with Crippen molar-refractivity contribution in [1.29, 1.82) is 0 Å². The molecule has 2 aromatic rings. The predicted octanol–water partition coefficient (Wildman–Crippen LogP) is 1.75. The van der Waals surface area contributed by atoms with Gasteiger partial charge in [-0.2, -0.15) is 0 Å². The first-order valence-electron chi connectivity index (χ1n) is 4.91. The number of aromatic nitrogens is 2. The highest BCUT2D eigenvalue weighted by Gasteiger charge is 2.02. The normalized spacial score (nSPS) is 10.1. The van der Waals surface area contributed by atoms with Crippen LogP contribution >= 0.6 is 0 Å². The minimum absolute atomic E-state index is 0.572. The van der Waals surface area contributed by atoms with Gasteiger partial charge in [-0.15, -0.1) is 0 Å². The van der Waals surface area contributed by atoms with Crippen LogP contribution in [0, 0.1) is 0 Å². The number of carbonyl (C=O) groups is 1. The Balaban J connectivity index is 2.23. The number of aldehydes is 1. The summed E-state index contributed by atoms with van der Waals surface area (Å²) < 4.78 is 6.93. The minimum atomic E-state index is 0.572. The Labute approximate surface area is 93.5 Å². The summed E-state index contributed by atoms with van der Waals surface area (Å²) in [6.45, 7) is 0.616. The van der Waals surface area contributed by atoms with Gasteiger partial charge in [0.15, 0.2) is 6.29 Å². The van der Waals surface area contributed by atoms with Crippen molar-refractivity contribution >= 4 is 6.29 Å². The highest BCUT2D eigenvalue weighted by Crippen LogP contribution is 2.14. The van der Waals surface area contributed by atoms with Crippen molar-refractivity contribution in [3.63, 3.8) is 0 Å². The van der Waals surface area contributed by atoms with Crippen LogP contribution in [0.3, 0.4) is 0 Å². The van der Waals surface area contributed by atoms with Gasteiger partial charge >= 0.3 is 0 Å². The predicted molar refractivity (Wildman–Crippen MR) is 59.7 cm³/mol. The van der Waals surface area contributed by atoms with Crippen molar-refractivity contribution in [2.75, 3.05) is 7.11 Å². The fourth-order valence-corrected chi connectivity index (χ4v) is 1.53. The molecule has 1 aromatic heterocycles. The molecular weight excluding hydrogens is 204 g/mol. The second-order valence-electron chi connectivity index (χ2n) is 3.42. The van der Waals surface area contributed by atoms with Crippen LogP contribution in [0.4, 0.5) is 0 Å². The molecule has 0 saturated carbocycles. The maximum absolute atomic E-state index is 10.7. The van der Waals surface area contributed by atoms with Crippen molar-refractivity contribution in [2.45, 2.75) is 6.54 Å². The molecule has 0 atom stereocenters. The second kappa shape index (κ2) is 4.61. The molecule has 16 heavy (non-hydrogen) atoms. The second-order valence-corrected chi connectivity index (χ2v) is 3.42. The molecule has 0 aliphatic carbocycles. The van der Waals surface area contributed by atoms with Crippen molar-refractivity contribution < 1.29 is 9.53 Å². The molecule has 0 saturated heterocycles. The number of rotatable bonds is 4. The Morgan fingerprint density at radius 3 is 3.12 bits per heavy atom. The lowest BCUT2D eigenvalue weighted by molar-refractivity contribution is 0.111. The molecule has 1 aromatic carbocycles. The molecular formula is C12H12N2O2. The average Bonchev–Trinajstić information content (AvgIpc) is 2.76. The van der Waals surface area contributed by atoms with Crippen LogP contribution in [-0.4, -0.2) is 22.9 Å². The molecule has 0 aliphatic heterocycles. The quantitative estimate of drug-likeness (QED) is 0.731. The van der Waals surface area contributed by atoms with Crippen LogP contribution < -0.4 is 4.74 Å². The summed E-state index contributed by atoms with van der Waals surface area (Å²) in [6, 6.07) is 7.73. The van der Waals surface area contributed by atoms with Gasteiger partial charge in [-0.1, -0.05) is 12.1 Å². The number of hydrogen-bond acceptors (Lipinski definition) is 3. The van der Waals surface area contributed by atoms with E-state index in [1.807, 2.05) is 24.3 Å². The summed E-state index contributed by atoms with van der Waals surface area (Å²) in [5, 5.41) is 0. The lowest BCUT2D eigenvalue weighted by Gasteiger charge is -2.06. The van der Waals surface area contributed by atoms with E-state index in [-0.39, 0.29) is 0 Å². The maximum atomic E-state index is 10.7. The molecule has 0 radical (unpaired) electrons. The molecule has 4 nitrogen and oxygen atoms in total. The van der Waals surface area contributed by atoms with Crippen molar-refractivity contribution in [3.8, 4) is 5.75 Å². The summed E-state index contributed by atoms with van der Waals surface area (Å²) in [5.74, 6) is 0.810. The Kier molecular flexibility index (Phi) is 3.00. The van der Waals surface area contributed by atoms with E-state index in [9.17, 15) is 4.79 Å². The van der Waals surface area contributed by atoms with Crippen LogP contribution in [0.15, 0.2) is 36.8 Å². The third-order valence-corrected chi connectivity index (χ3v) is 2.35. The lowest BCUT2D eigenvalue weighted by Crippen LogP contribution is -2.02. The van der Waals surface area contributed by atoms with Gasteiger partial charge in [0.05, 0.1) is 19.6 Å². The minimum Gasteiger partial charge on any atom is -0.497 e. The van der Waals surface area contributed by atoms with Gasteiger partial charge in [0, 0.05) is 6.54 Å². The molecule has 0 aliphatic rings. The van der Waals surface area contributed by atoms with Gasteiger partial charge in [0.1, 0.15) is 11.4 Å². The topological polar surface area (TPSA) is 44.1 Å². The van der Waals surface area contributed by atoms with Crippen LogP contribution in [-0.2, 0) is 6.54 Å². The van der Waals surface area contributed by atoms with E-state index in [4.69, 9.17) is 4.74 Å². The zero-order valence-electron chi connectivity index (χ0n) is 8.96. The zero-order valence-corrected chi connectivity index (χ0v) is 8.96. The first-order valence-corrected chi connectivity index (χ1v) is 4.91. The molecule has 0 spiro atoms. The lowest BCUT2D eigenvalue weighted by atomic mass is 10.2. The summed E-state index contributed by atoms with van der Waals surface area (Å²) in [4.78, 5) is 14.6. The molecule has 2 rings (SSSR count). The Bertz CT molecular complexity index is 491. The van der Waals surface area contributed by atoms with E-state index in [1.165, 1.54) is 0 Å². The molecule has 0 fully saturated rings. The first-order chi connectivity index (χ1) is 7.83. The maximum Gasteiger partial charge on any atom is 0.168 e. The third-order valence-electron chi connectivity index (χ3n) is 2.35. The molecule has 4 heteroatoms.